The molecular formula is C9H16F2N2O2. The molecule has 0 bridgehead atoms. The van der Waals surface area contributed by atoms with Crippen LogP contribution in [0.3, 0.4) is 0 Å². The van der Waals surface area contributed by atoms with Crippen LogP contribution in [-0.4, -0.2) is 35.6 Å². The quantitative estimate of drug-likeness (QED) is 0.626. The Labute approximate surface area is 86.8 Å². The van der Waals surface area contributed by atoms with Gasteiger partial charge in [-0.3, -0.25) is 4.79 Å². The van der Waals surface area contributed by atoms with Crippen LogP contribution < -0.4 is 11.1 Å². The number of aliphatic hydroxyl groups excluding tert-OH is 1. The number of carbonyl (C=O) groups is 1. The zero-order chi connectivity index (χ0) is 11.5. The van der Waals surface area contributed by atoms with E-state index in [0.29, 0.717) is 12.8 Å². The van der Waals surface area contributed by atoms with E-state index in [1.807, 2.05) is 0 Å². The first-order valence-electron chi connectivity index (χ1n) is 4.99. The summed E-state index contributed by atoms with van der Waals surface area (Å²) in [6.07, 6.45) is -1.77. The molecule has 1 fully saturated rings. The maximum Gasteiger partial charge on any atom is 0.265 e. The molecule has 1 atom stereocenters. The number of nitrogens with two attached hydrogens (primary N) is 1. The van der Waals surface area contributed by atoms with Crippen molar-refractivity contribution in [3.8, 4) is 0 Å². The van der Waals surface area contributed by atoms with Crippen molar-refractivity contribution in [2.24, 2.45) is 5.73 Å². The van der Waals surface area contributed by atoms with Crippen LogP contribution in [0.5, 0.6) is 0 Å². The fraction of sp³-hybridized carbons (Fsp3) is 0.889. The summed E-state index contributed by atoms with van der Waals surface area (Å²) in [4.78, 5) is 11.5. The Hall–Kier alpha value is -0.750. The number of carbonyl (C=O) groups excluding carboxylic acids is 1. The van der Waals surface area contributed by atoms with Gasteiger partial charge >= 0.3 is 0 Å². The summed E-state index contributed by atoms with van der Waals surface area (Å²) in [5.41, 5.74) is 4.86. The van der Waals surface area contributed by atoms with E-state index in [1.165, 1.54) is 0 Å². The molecule has 0 spiro atoms. The molecule has 0 radical (unpaired) electrons. The predicted molar refractivity (Wildman–Crippen MR) is 50.4 cm³/mol. The van der Waals surface area contributed by atoms with Gasteiger partial charge in [0.25, 0.3) is 6.43 Å². The topological polar surface area (TPSA) is 75.4 Å². The molecule has 0 aromatic rings. The number of hydrogen-bond acceptors (Lipinski definition) is 3. The lowest BCUT2D eigenvalue weighted by Gasteiger charge is -2.23. The number of rotatable bonds is 4. The average molecular weight is 222 g/mol. The SMILES string of the molecule is NC1(C(=O)NCC(O)C(F)F)CCCC1. The predicted octanol–water partition coefficient (Wildman–Crippen LogP) is 0.0001000. The van der Waals surface area contributed by atoms with Gasteiger partial charge in [0.1, 0.15) is 6.10 Å². The maximum atomic E-state index is 11.9. The van der Waals surface area contributed by atoms with Crippen LogP contribution in [0, 0.1) is 0 Å². The Morgan fingerprint density at radius 3 is 2.47 bits per heavy atom. The minimum absolute atomic E-state index is 0.445. The summed E-state index contributed by atoms with van der Waals surface area (Å²) >= 11 is 0. The number of amides is 1. The van der Waals surface area contributed by atoms with Gasteiger partial charge in [-0.2, -0.15) is 0 Å². The van der Waals surface area contributed by atoms with Crippen molar-refractivity contribution in [2.45, 2.75) is 43.8 Å². The lowest BCUT2D eigenvalue weighted by molar-refractivity contribution is -0.127. The normalized spacial score (nSPS) is 21.7. The van der Waals surface area contributed by atoms with Gasteiger partial charge in [-0.1, -0.05) is 12.8 Å². The molecule has 0 aromatic heterocycles. The number of halogens is 2. The van der Waals surface area contributed by atoms with Crippen molar-refractivity contribution in [3.05, 3.63) is 0 Å². The molecule has 0 heterocycles. The molecule has 4 nitrogen and oxygen atoms in total. The van der Waals surface area contributed by atoms with Gasteiger partial charge in [0.05, 0.1) is 5.54 Å². The van der Waals surface area contributed by atoms with Crippen molar-refractivity contribution in [3.63, 3.8) is 0 Å². The van der Waals surface area contributed by atoms with Gasteiger partial charge in [0.15, 0.2) is 0 Å². The second kappa shape index (κ2) is 4.85. The van der Waals surface area contributed by atoms with E-state index in [9.17, 15) is 13.6 Å². The summed E-state index contributed by atoms with van der Waals surface area (Å²) in [6.45, 7) is -0.449. The van der Waals surface area contributed by atoms with E-state index >= 15 is 0 Å². The van der Waals surface area contributed by atoms with E-state index in [2.05, 4.69) is 5.32 Å². The van der Waals surface area contributed by atoms with Gasteiger partial charge in [0, 0.05) is 6.54 Å². The molecule has 1 aliphatic rings. The summed E-state index contributed by atoms with van der Waals surface area (Å²) in [6, 6.07) is 0. The molecule has 0 aromatic carbocycles. The van der Waals surface area contributed by atoms with Crippen LogP contribution >= 0.6 is 0 Å². The molecule has 0 saturated heterocycles. The number of aliphatic hydroxyl groups is 1. The zero-order valence-corrected chi connectivity index (χ0v) is 8.38. The molecule has 1 rings (SSSR count). The van der Waals surface area contributed by atoms with Crippen LogP contribution in [0.2, 0.25) is 0 Å². The standard InChI is InChI=1S/C9H16F2N2O2/c10-7(11)6(14)5-13-8(15)9(12)3-1-2-4-9/h6-7,14H,1-5,12H2,(H,13,15). The smallest absolute Gasteiger partial charge is 0.265 e. The molecule has 88 valence electrons. The molecule has 1 unspecified atom stereocenters. The van der Waals surface area contributed by atoms with E-state index in [0.717, 1.165) is 12.8 Å². The first-order chi connectivity index (χ1) is 6.96. The van der Waals surface area contributed by atoms with Crippen molar-refractivity contribution in [2.75, 3.05) is 6.54 Å². The van der Waals surface area contributed by atoms with Gasteiger partial charge < -0.3 is 16.2 Å². The van der Waals surface area contributed by atoms with E-state index in [4.69, 9.17) is 10.8 Å². The number of nitrogens with one attached hydrogen (secondary N) is 1. The van der Waals surface area contributed by atoms with Crippen LogP contribution in [0.1, 0.15) is 25.7 Å². The first-order valence-corrected chi connectivity index (χ1v) is 4.99. The van der Waals surface area contributed by atoms with E-state index in [-0.39, 0.29) is 0 Å². The second-order valence-corrected chi connectivity index (χ2v) is 3.98. The molecule has 0 aliphatic heterocycles. The minimum Gasteiger partial charge on any atom is -0.385 e. The van der Waals surface area contributed by atoms with E-state index < -0.39 is 30.5 Å². The van der Waals surface area contributed by atoms with Gasteiger partial charge in [0.2, 0.25) is 5.91 Å². The van der Waals surface area contributed by atoms with Crippen LogP contribution in [0.15, 0.2) is 0 Å². The second-order valence-electron chi connectivity index (χ2n) is 3.98. The molecule has 15 heavy (non-hydrogen) atoms. The summed E-state index contributed by atoms with van der Waals surface area (Å²) in [5.74, 6) is -0.445. The van der Waals surface area contributed by atoms with E-state index in [1.54, 1.807) is 0 Å². The highest BCUT2D eigenvalue weighted by molar-refractivity contribution is 5.86. The summed E-state index contributed by atoms with van der Waals surface area (Å²) in [7, 11) is 0. The molecule has 4 N–H and O–H groups in total. The highest BCUT2D eigenvalue weighted by Gasteiger charge is 2.37. The Balaban J connectivity index is 2.35. The number of hydrogen-bond donors (Lipinski definition) is 3. The van der Waals surface area contributed by atoms with Gasteiger partial charge in [-0.05, 0) is 12.8 Å². The summed E-state index contributed by atoms with van der Waals surface area (Å²) < 4.78 is 23.8. The first kappa shape index (κ1) is 12.3. The minimum atomic E-state index is -2.84. The largest absolute Gasteiger partial charge is 0.385 e. The highest BCUT2D eigenvalue weighted by Crippen LogP contribution is 2.27. The zero-order valence-electron chi connectivity index (χ0n) is 8.38. The molecule has 1 amide bonds. The Morgan fingerprint density at radius 1 is 1.47 bits per heavy atom. The lowest BCUT2D eigenvalue weighted by atomic mass is 9.98. The fourth-order valence-electron chi connectivity index (χ4n) is 1.70. The van der Waals surface area contributed by atoms with Gasteiger partial charge in [-0.25, -0.2) is 8.78 Å². The third-order valence-corrected chi connectivity index (χ3v) is 2.71. The van der Waals surface area contributed by atoms with Crippen molar-refractivity contribution >= 4 is 5.91 Å². The van der Waals surface area contributed by atoms with Crippen molar-refractivity contribution < 1.29 is 18.7 Å². The van der Waals surface area contributed by atoms with Gasteiger partial charge in [-0.15, -0.1) is 0 Å². The monoisotopic (exact) mass is 222 g/mol. The Kier molecular flexibility index (Phi) is 3.98. The third kappa shape index (κ3) is 3.10. The fourth-order valence-corrected chi connectivity index (χ4v) is 1.70. The van der Waals surface area contributed by atoms with Crippen LogP contribution in [-0.2, 0) is 4.79 Å². The Morgan fingerprint density at radius 2 is 2.00 bits per heavy atom. The van der Waals surface area contributed by atoms with Crippen molar-refractivity contribution in [1.82, 2.24) is 5.32 Å². The molecule has 6 heteroatoms. The van der Waals surface area contributed by atoms with Crippen LogP contribution in [0.4, 0.5) is 8.78 Å². The molecule has 1 aliphatic carbocycles. The van der Waals surface area contributed by atoms with Crippen LogP contribution in [0.25, 0.3) is 0 Å². The van der Waals surface area contributed by atoms with Crippen molar-refractivity contribution in [1.29, 1.82) is 0 Å². The Bertz CT molecular complexity index is 230. The summed E-state index contributed by atoms with van der Waals surface area (Å²) in [5, 5.41) is 11.0. The average Bonchev–Trinajstić information content (AvgIpc) is 2.62. The lowest BCUT2D eigenvalue weighted by Crippen LogP contribution is -2.53. The maximum absolute atomic E-state index is 11.9. The molecular weight excluding hydrogens is 206 g/mol. The third-order valence-electron chi connectivity index (χ3n) is 2.71. The molecule has 1 saturated carbocycles. The number of alkyl halides is 2. The highest BCUT2D eigenvalue weighted by atomic mass is 19.3.